The van der Waals surface area contributed by atoms with Crippen LogP contribution in [0.1, 0.15) is 20.7 Å². The van der Waals surface area contributed by atoms with E-state index in [9.17, 15) is 9.59 Å². The summed E-state index contributed by atoms with van der Waals surface area (Å²) < 4.78 is 5.76. The fourth-order valence-electron chi connectivity index (χ4n) is 1.20. The van der Waals surface area contributed by atoms with Gasteiger partial charge in [-0.15, -0.1) is 0 Å². The van der Waals surface area contributed by atoms with E-state index in [1.807, 2.05) is 0 Å². The summed E-state index contributed by atoms with van der Waals surface area (Å²) in [6, 6.07) is 0. The zero-order chi connectivity index (χ0) is 11.3. The summed E-state index contributed by atoms with van der Waals surface area (Å²) in [4.78, 5) is 22.7. The lowest BCUT2D eigenvalue weighted by atomic mass is 10.1. The van der Waals surface area contributed by atoms with Crippen molar-refractivity contribution in [2.75, 3.05) is 0 Å². The Labute approximate surface area is 114 Å². The van der Waals surface area contributed by atoms with Gasteiger partial charge in [0, 0.05) is 4.47 Å². The van der Waals surface area contributed by atoms with Crippen molar-refractivity contribution in [3.63, 3.8) is 0 Å². The molecule has 0 saturated carbocycles. The second-order valence-corrected chi connectivity index (χ2v) is 5.44. The average molecular weight is 419 g/mol. The lowest BCUT2D eigenvalue weighted by molar-refractivity contribution is 0.0443. The van der Waals surface area contributed by atoms with Crippen LogP contribution in [0.4, 0.5) is 0 Å². The lowest BCUT2D eigenvalue weighted by Crippen LogP contribution is -1.97. The molecule has 15 heavy (non-hydrogen) atoms. The number of carbonyl (C=O) groups is 2. The Hall–Kier alpha value is 0.0900. The van der Waals surface area contributed by atoms with E-state index in [1.165, 1.54) is 0 Å². The highest BCUT2D eigenvalue weighted by atomic mass is 79.9. The van der Waals surface area contributed by atoms with Crippen LogP contribution in [0.15, 0.2) is 13.4 Å². The van der Waals surface area contributed by atoms with Gasteiger partial charge in [-0.25, -0.2) is 9.59 Å². The second kappa shape index (κ2) is 3.84. The Morgan fingerprint density at radius 2 is 1.33 bits per heavy atom. The molecule has 2 rings (SSSR count). The summed E-state index contributed by atoms with van der Waals surface area (Å²) in [5.41, 5.74) is 0.336. The molecule has 0 fully saturated rings. The Balaban J connectivity index is 2.92. The van der Waals surface area contributed by atoms with Gasteiger partial charge in [0.05, 0.1) is 25.1 Å². The quantitative estimate of drug-likeness (QED) is 0.277. The summed E-state index contributed by atoms with van der Waals surface area (Å²) in [7, 11) is 0. The van der Waals surface area contributed by atoms with Gasteiger partial charge in [0.2, 0.25) is 0 Å². The predicted molar refractivity (Wildman–Crippen MR) is 64.3 cm³/mol. The SMILES string of the molecule is O=C1OC(=O)c2c(Br)c(Br)c(Cl)c(Br)c21. The first kappa shape index (κ1) is 11.6. The smallest absolute Gasteiger partial charge is 0.348 e. The Morgan fingerprint density at radius 3 is 1.87 bits per heavy atom. The van der Waals surface area contributed by atoms with E-state index in [4.69, 9.17) is 11.6 Å². The normalized spacial score (nSPS) is 14.1. The van der Waals surface area contributed by atoms with E-state index in [2.05, 4.69) is 52.5 Å². The van der Waals surface area contributed by atoms with Crippen LogP contribution in [0.2, 0.25) is 5.02 Å². The fourth-order valence-corrected chi connectivity index (χ4v) is 3.28. The van der Waals surface area contributed by atoms with Crippen molar-refractivity contribution < 1.29 is 14.3 Å². The van der Waals surface area contributed by atoms with Crippen molar-refractivity contribution in [1.82, 2.24) is 0 Å². The minimum atomic E-state index is -0.697. The Morgan fingerprint density at radius 1 is 0.867 bits per heavy atom. The molecule has 0 unspecified atom stereocenters. The van der Waals surface area contributed by atoms with Crippen molar-refractivity contribution in [2.45, 2.75) is 0 Å². The number of cyclic esters (lactones) is 2. The van der Waals surface area contributed by atoms with Crippen LogP contribution in [0, 0.1) is 0 Å². The molecule has 7 heteroatoms. The van der Waals surface area contributed by atoms with E-state index in [0.717, 1.165) is 0 Å². The average Bonchev–Trinajstić information content (AvgIpc) is 2.47. The molecule has 0 spiro atoms. The zero-order valence-corrected chi connectivity index (χ0v) is 12.3. The molecule has 1 aliphatic heterocycles. The molecule has 78 valence electrons. The summed E-state index contributed by atoms with van der Waals surface area (Å²) in [6.07, 6.45) is 0. The highest BCUT2D eigenvalue weighted by Gasteiger charge is 2.36. The number of fused-ring (bicyclic) bond motifs is 1. The molecule has 1 aromatic carbocycles. The van der Waals surface area contributed by atoms with Crippen LogP contribution in [0.3, 0.4) is 0 Å². The van der Waals surface area contributed by atoms with Crippen LogP contribution >= 0.6 is 59.4 Å². The number of esters is 2. The van der Waals surface area contributed by atoms with Crippen LogP contribution in [-0.2, 0) is 4.74 Å². The molecular formula is C8Br3ClO3. The summed E-state index contributed by atoms with van der Waals surface area (Å²) in [6.45, 7) is 0. The van der Waals surface area contributed by atoms with Crippen molar-refractivity contribution in [1.29, 1.82) is 0 Å². The molecule has 0 radical (unpaired) electrons. The van der Waals surface area contributed by atoms with Crippen LogP contribution in [-0.4, -0.2) is 11.9 Å². The summed E-state index contributed by atoms with van der Waals surface area (Å²) >= 11 is 15.5. The van der Waals surface area contributed by atoms with E-state index in [1.54, 1.807) is 0 Å². The van der Waals surface area contributed by atoms with E-state index < -0.39 is 11.9 Å². The van der Waals surface area contributed by atoms with Gasteiger partial charge in [-0.1, -0.05) is 11.6 Å². The second-order valence-electron chi connectivity index (χ2n) is 2.68. The van der Waals surface area contributed by atoms with Gasteiger partial charge in [0.15, 0.2) is 0 Å². The van der Waals surface area contributed by atoms with E-state index in [0.29, 0.717) is 18.4 Å². The Kier molecular flexibility index (Phi) is 2.96. The van der Waals surface area contributed by atoms with Gasteiger partial charge in [0.25, 0.3) is 0 Å². The minimum Gasteiger partial charge on any atom is -0.386 e. The molecule has 0 atom stereocenters. The number of ether oxygens (including phenoxy) is 1. The van der Waals surface area contributed by atoms with E-state index >= 15 is 0 Å². The first-order valence-corrected chi connectivity index (χ1v) is 6.33. The number of benzene rings is 1. The topological polar surface area (TPSA) is 43.4 Å². The molecule has 0 saturated heterocycles. The summed E-state index contributed by atoms with van der Waals surface area (Å²) in [5.74, 6) is -1.38. The fraction of sp³-hybridized carbons (Fsp3) is 0. The zero-order valence-electron chi connectivity index (χ0n) is 6.74. The molecule has 0 N–H and O–H groups in total. The molecule has 1 aromatic rings. The molecule has 0 bridgehead atoms. The molecular weight excluding hydrogens is 419 g/mol. The minimum absolute atomic E-state index is 0.153. The Bertz CT molecular complexity index is 468. The molecule has 0 aromatic heterocycles. The highest BCUT2D eigenvalue weighted by Crippen LogP contribution is 2.44. The largest absolute Gasteiger partial charge is 0.386 e. The summed E-state index contributed by atoms with van der Waals surface area (Å²) in [5, 5.41) is 0.312. The monoisotopic (exact) mass is 416 g/mol. The molecule has 0 amide bonds. The van der Waals surface area contributed by atoms with Crippen LogP contribution < -0.4 is 0 Å². The van der Waals surface area contributed by atoms with Gasteiger partial charge in [-0.05, 0) is 47.8 Å². The highest BCUT2D eigenvalue weighted by molar-refractivity contribution is 9.13. The van der Waals surface area contributed by atoms with Crippen molar-refractivity contribution in [2.24, 2.45) is 0 Å². The lowest BCUT2D eigenvalue weighted by Gasteiger charge is -2.05. The number of halogens is 4. The maximum absolute atomic E-state index is 11.4. The standard InChI is InChI=1S/C8Br3ClO3/c9-3-1-2(8(14)15-7(1)13)4(10)6(12)5(3)11. The van der Waals surface area contributed by atoms with Crippen molar-refractivity contribution in [3.8, 4) is 0 Å². The van der Waals surface area contributed by atoms with Gasteiger partial charge < -0.3 is 4.74 Å². The number of carbonyl (C=O) groups excluding carboxylic acids is 2. The van der Waals surface area contributed by atoms with Gasteiger partial charge in [-0.3, -0.25) is 0 Å². The molecule has 1 aliphatic rings. The number of rotatable bonds is 0. The first-order chi connectivity index (χ1) is 6.95. The maximum Gasteiger partial charge on any atom is 0.348 e. The molecule has 3 nitrogen and oxygen atoms in total. The number of hydrogen-bond donors (Lipinski definition) is 0. The third kappa shape index (κ3) is 1.58. The van der Waals surface area contributed by atoms with Crippen molar-refractivity contribution in [3.05, 3.63) is 29.6 Å². The molecule has 1 heterocycles. The third-order valence-corrected chi connectivity index (χ3v) is 5.61. The van der Waals surface area contributed by atoms with Gasteiger partial charge in [0.1, 0.15) is 0 Å². The van der Waals surface area contributed by atoms with Gasteiger partial charge in [-0.2, -0.15) is 0 Å². The van der Waals surface area contributed by atoms with Crippen molar-refractivity contribution >= 4 is 71.3 Å². The third-order valence-electron chi connectivity index (χ3n) is 1.86. The van der Waals surface area contributed by atoms with Crippen LogP contribution in [0.25, 0.3) is 0 Å². The predicted octanol–water partition coefficient (Wildman–Crippen LogP) is 3.94. The maximum atomic E-state index is 11.4. The van der Waals surface area contributed by atoms with Gasteiger partial charge >= 0.3 is 11.9 Å². The van der Waals surface area contributed by atoms with E-state index in [-0.39, 0.29) is 11.1 Å². The first-order valence-electron chi connectivity index (χ1n) is 3.57. The van der Waals surface area contributed by atoms with Crippen LogP contribution in [0.5, 0.6) is 0 Å². The number of hydrogen-bond acceptors (Lipinski definition) is 3. The molecule has 0 aliphatic carbocycles.